The summed E-state index contributed by atoms with van der Waals surface area (Å²) < 4.78 is 10.3. The average Bonchev–Trinajstić information content (AvgIpc) is 3.29. The average molecular weight is 364 g/mol. The molecular weight excluding hydrogens is 348 g/mol. The van der Waals surface area contributed by atoms with Crippen molar-refractivity contribution in [2.24, 2.45) is 0 Å². The lowest BCUT2D eigenvalue weighted by molar-refractivity contribution is -0.125. The SMILES string of the molecule is COc1ccc(-c2noc(CN3C(=O)CN(c4ccccc4)C3=O)n2)cc1. The third-order valence-corrected chi connectivity index (χ3v) is 4.23. The Morgan fingerprint density at radius 1 is 1.07 bits per heavy atom. The minimum atomic E-state index is -0.407. The zero-order valence-corrected chi connectivity index (χ0v) is 14.5. The highest BCUT2D eigenvalue weighted by Gasteiger charge is 2.37. The van der Waals surface area contributed by atoms with Crippen LogP contribution >= 0.6 is 0 Å². The monoisotopic (exact) mass is 364 g/mol. The first kappa shape index (κ1) is 16.8. The highest BCUT2D eigenvalue weighted by Crippen LogP contribution is 2.23. The van der Waals surface area contributed by atoms with E-state index in [4.69, 9.17) is 9.26 Å². The number of aromatic nitrogens is 2. The van der Waals surface area contributed by atoms with Crippen LogP contribution in [-0.4, -0.2) is 40.6 Å². The summed E-state index contributed by atoms with van der Waals surface area (Å²) >= 11 is 0. The van der Waals surface area contributed by atoms with Gasteiger partial charge in [-0.25, -0.2) is 4.79 Å². The summed E-state index contributed by atoms with van der Waals surface area (Å²) in [5.74, 6) is 0.980. The second-order valence-corrected chi connectivity index (χ2v) is 5.92. The van der Waals surface area contributed by atoms with Crippen LogP contribution in [0.15, 0.2) is 59.1 Å². The number of methoxy groups -OCH3 is 1. The van der Waals surface area contributed by atoms with E-state index in [1.54, 1.807) is 43.5 Å². The molecule has 136 valence electrons. The molecule has 0 N–H and O–H groups in total. The maximum absolute atomic E-state index is 12.6. The maximum Gasteiger partial charge on any atom is 0.332 e. The topological polar surface area (TPSA) is 88.8 Å². The van der Waals surface area contributed by atoms with Crippen molar-refractivity contribution in [1.29, 1.82) is 0 Å². The second kappa shape index (κ2) is 6.91. The Kier molecular flexibility index (Phi) is 4.29. The van der Waals surface area contributed by atoms with Crippen molar-refractivity contribution in [3.63, 3.8) is 0 Å². The zero-order chi connectivity index (χ0) is 18.8. The van der Waals surface area contributed by atoms with Crippen LogP contribution in [0.4, 0.5) is 10.5 Å². The van der Waals surface area contributed by atoms with Gasteiger partial charge in [0.05, 0.1) is 7.11 Å². The van der Waals surface area contributed by atoms with Gasteiger partial charge in [-0.1, -0.05) is 23.4 Å². The molecule has 1 aliphatic heterocycles. The number of anilines is 1. The Hall–Kier alpha value is -3.68. The molecule has 4 rings (SSSR count). The van der Waals surface area contributed by atoms with E-state index < -0.39 is 6.03 Å². The lowest BCUT2D eigenvalue weighted by Gasteiger charge is -2.15. The minimum absolute atomic E-state index is 0.0116. The molecule has 1 saturated heterocycles. The minimum Gasteiger partial charge on any atom is -0.497 e. The van der Waals surface area contributed by atoms with Gasteiger partial charge in [0.1, 0.15) is 18.8 Å². The largest absolute Gasteiger partial charge is 0.497 e. The molecule has 1 aromatic heterocycles. The normalized spacial score (nSPS) is 14.1. The number of para-hydroxylation sites is 1. The van der Waals surface area contributed by atoms with Crippen molar-refractivity contribution in [2.45, 2.75) is 6.54 Å². The number of hydrogen-bond acceptors (Lipinski definition) is 6. The second-order valence-electron chi connectivity index (χ2n) is 5.92. The van der Waals surface area contributed by atoms with E-state index in [1.807, 2.05) is 18.2 Å². The number of ether oxygens (including phenoxy) is 1. The van der Waals surface area contributed by atoms with E-state index >= 15 is 0 Å². The number of carbonyl (C=O) groups excluding carboxylic acids is 2. The summed E-state index contributed by atoms with van der Waals surface area (Å²) in [5, 5.41) is 3.92. The molecule has 0 atom stereocenters. The van der Waals surface area contributed by atoms with Gasteiger partial charge in [-0.15, -0.1) is 0 Å². The van der Waals surface area contributed by atoms with Gasteiger partial charge < -0.3 is 9.26 Å². The Morgan fingerprint density at radius 2 is 1.81 bits per heavy atom. The first-order chi connectivity index (χ1) is 13.2. The van der Waals surface area contributed by atoms with Gasteiger partial charge in [-0.3, -0.25) is 14.6 Å². The van der Waals surface area contributed by atoms with E-state index in [-0.39, 0.29) is 24.9 Å². The van der Waals surface area contributed by atoms with Crippen LogP contribution < -0.4 is 9.64 Å². The molecule has 3 amide bonds. The fraction of sp³-hybridized carbons (Fsp3) is 0.158. The molecule has 8 nitrogen and oxygen atoms in total. The predicted molar refractivity (Wildman–Crippen MR) is 96.0 cm³/mol. The van der Waals surface area contributed by atoms with Crippen LogP contribution in [0.3, 0.4) is 0 Å². The van der Waals surface area contributed by atoms with Crippen LogP contribution in [-0.2, 0) is 11.3 Å². The molecule has 1 fully saturated rings. The van der Waals surface area contributed by atoms with Crippen molar-refractivity contribution < 1.29 is 18.8 Å². The number of urea groups is 1. The molecule has 8 heteroatoms. The summed E-state index contributed by atoms with van der Waals surface area (Å²) in [6, 6.07) is 15.8. The van der Waals surface area contributed by atoms with Gasteiger partial charge >= 0.3 is 6.03 Å². The molecule has 2 aromatic carbocycles. The van der Waals surface area contributed by atoms with Crippen molar-refractivity contribution in [1.82, 2.24) is 15.0 Å². The molecule has 0 unspecified atom stereocenters. The van der Waals surface area contributed by atoms with Gasteiger partial charge in [-0.2, -0.15) is 4.98 Å². The molecule has 0 bridgehead atoms. The Bertz CT molecular complexity index is 969. The third-order valence-electron chi connectivity index (χ3n) is 4.23. The fourth-order valence-corrected chi connectivity index (χ4v) is 2.82. The van der Waals surface area contributed by atoms with Crippen LogP contribution in [0.25, 0.3) is 11.4 Å². The van der Waals surface area contributed by atoms with Gasteiger partial charge in [0.2, 0.25) is 11.7 Å². The van der Waals surface area contributed by atoms with Crippen LogP contribution in [0.2, 0.25) is 0 Å². The summed E-state index contributed by atoms with van der Waals surface area (Å²) in [6.07, 6.45) is 0. The maximum atomic E-state index is 12.6. The molecule has 0 aliphatic carbocycles. The number of imide groups is 1. The Morgan fingerprint density at radius 3 is 2.52 bits per heavy atom. The quantitative estimate of drug-likeness (QED) is 0.647. The molecular formula is C19H16N4O4. The summed E-state index contributed by atoms with van der Waals surface area (Å²) in [4.78, 5) is 31.7. The van der Waals surface area contributed by atoms with Gasteiger partial charge in [0.15, 0.2) is 0 Å². The van der Waals surface area contributed by atoms with Crippen LogP contribution in [0, 0.1) is 0 Å². The van der Waals surface area contributed by atoms with E-state index in [9.17, 15) is 9.59 Å². The Balaban J connectivity index is 1.50. The first-order valence-electron chi connectivity index (χ1n) is 8.29. The molecule has 3 aromatic rings. The predicted octanol–water partition coefficient (Wildman–Crippen LogP) is 2.71. The van der Waals surface area contributed by atoms with Crippen molar-refractivity contribution in [2.75, 3.05) is 18.6 Å². The molecule has 0 spiro atoms. The summed E-state index contributed by atoms with van der Waals surface area (Å²) in [5.41, 5.74) is 1.42. The highest BCUT2D eigenvalue weighted by molar-refractivity contribution is 6.12. The summed E-state index contributed by atoms with van der Waals surface area (Å²) in [7, 11) is 1.59. The van der Waals surface area contributed by atoms with Crippen molar-refractivity contribution in [3.05, 3.63) is 60.5 Å². The third kappa shape index (κ3) is 3.24. The number of nitrogens with zero attached hydrogens (tertiary/aromatic N) is 4. The number of carbonyl (C=O) groups is 2. The standard InChI is InChI=1S/C19H16N4O4/c1-26-15-9-7-13(8-10-15)18-20-16(27-21-18)11-23-17(24)12-22(19(23)25)14-5-3-2-4-6-14/h2-10H,11-12H2,1H3. The van der Waals surface area contributed by atoms with E-state index in [2.05, 4.69) is 10.1 Å². The number of benzene rings is 2. The summed E-state index contributed by atoms with van der Waals surface area (Å²) in [6.45, 7) is -0.0769. The first-order valence-corrected chi connectivity index (χ1v) is 8.29. The molecule has 27 heavy (non-hydrogen) atoms. The van der Waals surface area contributed by atoms with E-state index in [0.29, 0.717) is 11.5 Å². The molecule has 1 aliphatic rings. The number of amides is 3. The lowest BCUT2D eigenvalue weighted by Crippen LogP contribution is -2.32. The lowest BCUT2D eigenvalue weighted by atomic mass is 10.2. The van der Waals surface area contributed by atoms with Gasteiger partial charge in [0, 0.05) is 11.3 Å². The zero-order valence-electron chi connectivity index (χ0n) is 14.5. The molecule has 0 saturated carbocycles. The smallest absolute Gasteiger partial charge is 0.332 e. The number of hydrogen-bond donors (Lipinski definition) is 0. The van der Waals surface area contributed by atoms with E-state index in [1.165, 1.54) is 4.90 Å². The number of rotatable bonds is 5. The van der Waals surface area contributed by atoms with Crippen LogP contribution in [0.5, 0.6) is 5.75 Å². The van der Waals surface area contributed by atoms with Crippen molar-refractivity contribution in [3.8, 4) is 17.1 Å². The molecule has 2 heterocycles. The van der Waals surface area contributed by atoms with Crippen LogP contribution in [0.1, 0.15) is 5.89 Å². The molecule has 0 radical (unpaired) electrons. The van der Waals surface area contributed by atoms with Gasteiger partial charge in [-0.05, 0) is 36.4 Å². The van der Waals surface area contributed by atoms with Crippen molar-refractivity contribution >= 4 is 17.6 Å². The Labute approximate surface area is 155 Å². The van der Waals surface area contributed by atoms with Gasteiger partial charge in [0.25, 0.3) is 5.91 Å². The highest BCUT2D eigenvalue weighted by atomic mass is 16.5. The fourth-order valence-electron chi connectivity index (χ4n) is 2.82. The van der Waals surface area contributed by atoms with E-state index in [0.717, 1.165) is 16.2 Å².